The summed E-state index contributed by atoms with van der Waals surface area (Å²) in [6.07, 6.45) is 2.99. The molecule has 0 aliphatic carbocycles. The van der Waals surface area contributed by atoms with Gasteiger partial charge in [-0.05, 0) is 61.6 Å². The van der Waals surface area contributed by atoms with Crippen molar-refractivity contribution >= 4 is 11.7 Å². The van der Waals surface area contributed by atoms with Gasteiger partial charge in [0.15, 0.2) is 0 Å². The minimum atomic E-state index is -0.278. The van der Waals surface area contributed by atoms with Crippen LogP contribution in [0.2, 0.25) is 0 Å². The Morgan fingerprint density at radius 2 is 1.90 bits per heavy atom. The molecule has 0 radical (unpaired) electrons. The molecule has 2 atom stereocenters. The van der Waals surface area contributed by atoms with E-state index in [4.69, 9.17) is 0 Å². The van der Waals surface area contributed by atoms with Crippen molar-refractivity contribution in [1.29, 1.82) is 5.26 Å². The summed E-state index contributed by atoms with van der Waals surface area (Å²) in [4.78, 5) is 16.6. The third-order valence-electron chi connectivity index (χ3n) is 5.96. The number of nitrogens with zero attached hydrogens (tertiary/aromatic N) is 3. The fourth-order valence-electron chi connectivity index (χ4n) is 4.31. The smallest absolute Gasteiger partial charge is 0.317 e. The van der Waals surface area contributed by atoms with E-state index in [1.807, 2.05) is 23.1 Å². The third-order valence-corrected chi connectivity index (χ3v) is 5.96. The molecule has 1 N–H and O–H groups in total. The zero-order chi connectivity index (χ0) is 20.4. The van der Waals surface area contributed by atoms with Crippen LogP contribution in [0.3, 0.4) is 0 Å². The average Bonchev–Trinajstić information content (AvgIpc) is 3.37. The number of carbonyl (C=O) groups excluding carboxylic acids is 1. The fourth-order valence-corrected chi connectivity index (χ4v) is 4.31. The topological polar surface area (TPSA) is 59.4 Å². The van der Waals surface area contributed by atoms with Gasteiger partial charge in [0, 0.05) is 31.7 Å². The number of amides is 2. The summed E-state index contributed by atoms with van der Waals surface area (Å²) < 4.78 is 13.2. The number of nitrogens with one attached hydrogen (secondary N) is 1. The van der Waals surface area contributed by atoms with Crippen molar-refractivity contribution in [2.45, 2.75) is 38.3 Å². The molecule has 0 saturated carbocycles. The van der Waals surface area contributed by atoms with E-state index in [2.05, 4.69) is 23.2 Å². The van der Waals surface area contributed by atoms with Gasteiger partial charge >= 0.3 is 6.03 Å². The van der Waals surface area contributed by atoms with Crippen molar-refractivity contribution in [3.8, 4) is 17.2 Å². The molecule has 2 aliphatic rings. The molecule has 0 unspecified atom stereocenters. The van der Waals surface area contributed by atoms with E-state index < -0.39 is 0 Å². The summed E-state index contributed by atoms with van der Waals surface area (Å²) in [7, 11) is 0. The van der Waals surface area contributed by atoms with Gasteiger partial charge in [-0.1, -0.05) is 18.2 Å². The number of carbonyl (C=O) groups is 1. The van der Waals surface area contributed by atoms with E-state index >= 15 is 0 Å². The van der Waals surface area contributed by atoms with Crippen LogP contribution in [0.5, 0.6) is 0 Å². The number of rotatable bonds is 3. The Kier molecular flexibility index (Phi) is 5.39. The molecule has 29 heavy (non-hydrogen) atoms. The SMILES string of the molecule is C[C@@H]1CCCN1C(=O)N[C@H]1CCN(c2ccc(-c3ccc(F)cc3)cc2C#N)C1. The van der Waals surface area contributed by atoms with Gasteiger partial charge < -0.3 is 15.1 Å². The van der Waals surface area contributed by atoms with Crippen LogP contribution in [0.15, 0.2) is 42.5 Å². The number of benzene rings is 2. The first kappa shape index (κ1) is 19.3. The minimum absolute atomic E-state index is 0.0222. The summed E-state index contributed by atoms with van der Waals surface area (Å²) in [5, 5.41) is 12.8. The van der Waals surface area contributed by atoms with E-state index in [0.29, 0.717) is 18.2 Å². The van der Waals surface area contributed by atoms with E-state index in [1.165, 1.54) is 12.1 Å². The standard InChI is InChI=1S/C23H25FN4O/c1-16-3-2-11-28(16)23(29)26-21-10-12-27(15-21)22-9-6-18(13-19(22)14-25)17-4-7-20(24)8-5-17/h4-9,13,16,21H,2-3,10-12,15H2,1H3,(H,26,29)/t16-,21+/m1/s1. The molecule has 2 aliphatic heterocycles. The van der Waals surface area contributed by atoms with Gasteiger partial charge in [-0.25, -0.2) is 9.18 Å². The predicted octanol–water partition coefficient (Wildman–Crippen LogP) is 4.14. The molecule has 2 heterocycles. The van der Waals surface area contributed by atoms with Gasteiger partial charge in [0.25, 0.3) is 0 Å². The van der Waals surface area contributed by atoms with Gasteiger partial charge in [-0.3, -0.25) is 0 Å². The Hall–Kier alpha value is -3.07. The highest BCUT2D eigenvalue weighted by Crippen LogP contribution is 2.30. The highest BCUT2D eigenvalue weighted by atomic mass is 19.1. The maximum Gasteiger partial charge on any atom is 0.317 e. The maximum atomic E-state index is 13.2. The molecule has 2 saturated heterocycles. The van der Waals surface area contributed by atoms with Crippen LogP contribution in [0.1, 0.15) is 31.7 Å². The molecule has 6 heteroatoms. The molecule has 5 nitrogen and oxygen atoms in total. The summed E-state index contributed by atoms with van der Waals surface area (Å²) in [5.41, 5.74) is 3.23. The van der Waals surface area contributed by atoms with Gasteiger partial charge in [0.1, 0.15) is 11.9 Å². The van der Waals surface area contributed by atoms with Crippen molar-refractivity contribution in [2.24, 2.45) is 0 Å². The van der Waals surface area contributed by atoms with E-state index in [-0.39, 0.29) is 17.9 Å². The third kappa shape index (κ3) is 4.04. The van der Waals surface area contributed by atoms with Crippen LogP contribution in [-0.4, -0.2) is 42.6 Å². The molecular formula is C23H25FN4O. The lowest BCUT2D eigenvalue weighted by molar-refractivity contribution is 0.193. The summed E-state index contributed by atoms with van der Waals surface area (Å²) >= 11 is 0. The number of anilines is 1. The first-order chi connectivity index (χ1) is 14.0. The Labute approximate surface area is 170 Å². The van der Waals surface area contributed by atoms with Crippen LogP contribution in [0.25, 0.3) is 11.1 Å². The normalized spacial score (nSPS) is 21.3. The van der Waals surface area contributed by atoms with Gasteiger partial charge in [0.2, 0.25) is 0 Å². The predicted molar refractivity (Wildman–Crippen MR) is 111 cm³/mol. The van der Waals surface area contributed by atoms with Crippen LogP contribution >= 0.6 is 0 Å². The molecule has 150 valence electrons. The van der Waals surface area contributed by atoms with Crippen molar-refractivity contribution in [2.75, 3.05) is 24.5 Å². The molecule has 0 aromatic heterocycles. The van der Waals surface area contributed by atoms with Crippen LogP contribution < -0.4 is 10.2 Å². The van der Waals surface area contributed by atoms with Crippen molar-refractivity contribution in [1.82, 2.24) is 10.2 Å². The Morgan fingerprint density at radius 3 is 2.59 bits per heavy atom. The lowest BCUT2D eigenvalue weighted by atomic mass is 10.0. The summed E-state index contributed by atoms with van der Waals surface area (Å²) in [5.74, 6) is -0.278. The molecule has 2 aromatic rings. The molecule has 4 rings (SSSR count). The number of likely N-dealkylation sites (tertiary alicyclic amines) is 1. The van der Waals surface area contributed by atoms with Crippen LogP contribution in [-0.2, 0) is 0 Å². The van der Waals surface area contributed by atoms with Gasteiger partial charge in [-0.2, -0.15) is 5.26 Å². The van der Waals surface area contributed by atoms with Crippen molar-refractivity contribution in [3.05, 3.63) is 53.8 Å². The molecule has 0 spiro atoms. The number of urea groups is 1. The first-order valence-electron chi connectivity index (χ1n) is 10.2. The van der Waals surface area contributed by atoms with Gasteiger partial charge in [-0.15, -0.1) is 0 Å². The number of halogens is 1. The van der Waals surface area contributed by atoms with E-state index in [9.17, 15) is 14.4 Å². The van der Waals surface area contributed by atoms with Crippen LogP contribution in [0, 0.1) is 17.1 Å². The summed E-state index contributed by atoms with van der Waals surface area (Å²) in [6, 6.07) is 14.7. The highest BCUT2D eigenvalue weighted by molar-refractivity contribution is 5.76. The van der Waals surface area contributed by atoms with Crippen molar-refractivity contribution < 1.29 is 9.18 Å². The summed E-state index contributed by atoms with van der Waals surface area (Å²) in [6.45, 7) is 4.41. The first-order valence-corrected chi connectivity index (χ1v) is 10.2. The van der Waals surface area contributed by atoms with Gasteiger partial charge in [0.05, 0.1) is 11.3 Å². The second-order valence-electron chi connectivity index (χ2n) is 7.92. The minimum Gasteiger partial charge on any atom is -0.368 e. The molecule has 2 aromatic carbocycles. The highest BCUT2D eigenvalue weighted by Gasteiger charge is 2.30. The molecule has 2 amide bonds. The van der Waals surface area contributed by atoms with Crippen molar-refractivity contribution in [3.63, 3.8) is 0 Å². The Balaban J connectivity index is 1.45. The fraction of sp³-hybridized carbons (Fsp3) is 0.391. The van der Waals surface area contributed by atoms with Crippen LogP contribution in [0.4, 0.5) is 14.9 Å². The number of nitriles is 1. The Bertz CT molecular complexity index is 937. The second kappa shape index (κ2) is 8.12. The zero-order valence-corrected chi connectivity index (χ0v) is 16.6. The average molecular weight is 392 g/mol. The largest absolute Gasteiger partial charge is 0.368 e. The number of hydrogen-bond acceptors (Lipinski definition) is 3. The second-order valence-corrected chi connectivity index (χ2v) is 7.92. The lowest BCUT2D eigenvalue weighted by Gasteiger charge is -2.25. The number of hydrogen-bond donors (Lipinski definition) is 1. The van der Waals surface area contributed by atoms with E-state index in [0.717, 1.165) is 49.2 Å². The monoisotopic (exact) mass is 392 g/mol. The molecule has 2 fully saturated rings. The maximum absolute atomic E-state index is 13.2. The molecule has 0 bridgehead atoms. The van der Waals surface area contributed by atoms with E-state index in [1.54, 1.807) is 12.1 Å². The lowest BCUT2D eigenvalue weighted by Crippen LogP contribution is -2.47. The zero-order valence-electron chi connectivity index (χ0n) is 16.6. The quantitative estimate of drug-likeness (QED) is 0.854. The molecular weight excluding hydrogens is 367 g/mol. The Morgan fingerprint density at radius 1 is 1.14 bits per heavy atom.